The van der Waals surface area contributed by atoms with Crippen LogP contribution in [0.15, 0.2) is 23.1 Å². The summed E-state index contributed by atoms with van der Waals surface area (Å²) in [6.45, 7) is 5.39. The van der Waals surface area contributed by atoms with Crippen molar-refractivity contribution in [2.75, 3.05) is 5.73 Å². The van der Waals surface area contributed by atoms with Gasteiger partial charge < -0.3 is 5.73 Å². The smallest absolute Gasteiger partial charge is 0.243 e. The van der Waals surface area contributed by atoms with Crippen molar-refractivity contribution in [3.63, 3.8) is 0 Å². The van der Waals surface area contributed by atoms with E-state index in [9.17, 15) is 12.8 Å². The van der Waals surface area contributed by atoms with Crippen molar-refractivity contribution >= 4 is 27.0 Å². The molecule has 1 aromatic carbocycles. The minimum Gasteiger partial charge on any atom is -0.398 e. The van der Waals surface area contributed by atoms with Gasteiger partial charge in [0, 0.05) is 4.88 Å². The number of rotatable bonds is 4. The van der Waals surface area contributed by atoms with Gasteiger partial charge in [0.25, 0.3) is 0 Å². The highest BCUT2D eigenvalue weighted by Gasteiger charge is 2.23. The second-order valence-corrected chi connectivity index (χ2v) is 7.62. The predicted octanol–water partition coefficient (Wildman–Crippen LogP) is 2.52. The molecule has 0 radical (unpaired) electrons. The van der Waals surface area contributed by atoms with E-state index in [1.54, 1.807) is 6.92 Å². The fraction of sp³-hybridized carbons (Fsp3) is 0.308. The number of nitrogen functional groups attached to an aromatic ring is 1. The lowest BCUT2D eigenvalue weighted by atomic mass is 10.2. The zero-order valence-electron chi connectivity index (χ0n) is 11.8. The van der Waals surface area contributed by atoms with Crippen molar-refractivity contribution in [3.05, 3.63) is 39.6 Å². The van der Waals surface area contributed by atoms with Crippen LogP contribution in [0.1, 0.15) is 28.5 Å². The number of sulfonamides is 1. The molecule has 0 fully saturated rings. The van der Waals surface area contributed by atoms with E-state index in [0.29, 0.717) is 0 Å². The molecule has 0 aliphatic heterocycles. The van der Waals surface area contributed by atoms with Gasteiger partial charge in [-0.05, 0) is 39.0 Å². The van der Waals surface area contributed by atoms with Crippen LogP contribution in [0.2, 0.25) is 0 Å². The molecule has 0 amide bonds. The molecule has 3 N–H and O–H groups in total. The Morgan fingerprint density at radius 3 is 2.62 bits per heavy atom. The first kappa shape index (κ1) is 15.9. The number of anilines is 1. The zero-order valence-corrected chi connectivity index (χ0v) is 13.5. The summed E-state index contributed by atoms with van der Waals surface area (Å²) < 4.78 is 40.4. The van der Waals surface area contributed by atoms with E-state index >= 15 is 0 Å². The highest BCUT2D eigenvalue weighted by molar-refractivity contribution is 7.89. The highest BCUT2D eigenvalue weighted by Crippen LogP contribution is 2.27. The predicted molar refractivity (Wildman–Crippen MR) is 81.1 cm³/mol. The van der Waals surface area contributed by atoms with Gasteiger partial charge in [-0.1, -0.05) is 0 Å². The van der Waals surface area contributed by atoms with Crippen LogP contribution in [0.25, 0.3) is 0 Å². The van der Waals surface area contributed by atoms with E-state index < -0.39 is 21.9 Å². The van der Waals surface area contributed by atoms with Crippen LogP contribution in [0.4, 0.5) is 10.1 Å². The molecular weight excluding hydrogens is 313 g/mol. The lowest BCUT2D eigenvalue weighted by molar-refractivity contribution is 0.565. The minimum atomic E-state index is -3.90. The molecule has 5 nitrogen and oxygen atoms in total. The van der Waals surface area contributed by atoms with Crippen LogP contribution in [0.3, 0.4) is 0 Å². The van der Waals surface area contributed by atoms with Gasteiger partial charge in [0.1, 0.15) is 10.7 Å². The maximum absolute atomic E-state index is 13.2. The van der Waals surface area contributed by atoms with Crippen molar-refractivity contribution < 1.29 is 12.8 Å². The summed E-state index contributed by atoms with van der Waals surface area (Å²) in [5.74, 6) is -0.651. The summed E-state index contributed by atoms with van der Waals surface area (Å²) in [6, 6.07) is 2.80. The van der Waals surface area contributed by atoms with E-state index in [4.69, 9.17) is 5.73 Å². The van der Waals surface area contributed by atoms with Gasteiger partial charge in [-0.3, -0.25) is 0 Å². The standard InChI is InChI=1S/C13H16FN3O2S2/c1-7-13(20-9(3)16-7)8(2)17-21(18,19)12-6-10(14)4-5-11(12)15/h4-6,8,17H,15H2,1-3H3. The van der Waals surface area contributed by atoms with E-state index in [1.807, 2.05) is 13.8 Å². The molecule has 114 valence electrons. The molecule has 0 spiro atoms. The van der Waals surface area contributed by atoms with Crippen molar-refractivity contribution in [2.24, 2.45) is 0 Å². The monoisotopic (exact) mass is 329 g/mol. The van der Waals surface area contributed by atoms with Gasteiger partial charge in [0.05, 0.1) is 22.4 Å². The van der Waals surface area contributed by atoms with Crippen molar-refractivity contribution in [3.8, 4) is 0 Å². The first-order chi connectivity index (χ1) is 9.70. The van der Waals surface area contributed by atoms with Crippen LogP contribution in [0.5, 0.6) is 0 Å². The number of thiazole rings is 1. The van der Waals surface area contributed by atoms with Gasteiger partial charge >= 0.3 is 0 Å². The number of aryl methyl sites for hydroxylation is 2. The molecular formula is C13H16FN3O2S2. The highest BCUT2D eigenvalue weighted by atomic mass is 32.2. The van der Waals surface area contributed by atoms with Gasteiger partial charge in [-0.2, -0.15) is 0 Å². The Kier molecular flexibility index (Phi) is 4.31. The van der Waals surface area contributed by atoms with Crippen molar-refractivity contribution in [2.45, 2.75) is 31.7 Å². The van der Waals surface area contributed by atoms with Crippen molar-refractivity contribution in [1.29, 1.82) is 0 Å². The Labute approximate surface area is 127 Å². The number of hydrogen-bond acceptors (Lipinski definition) is 5. The first-order valence-electron chi connectivity index (χ1n) is 6.22. The summed E-state index contributed by atoms with van der Waals surface area (Å²) in [5.41, 5.74) is 6.41. The molecule has 0 bridgehead atoms. The number of nitrogens with one attached hydrogen (secondary N) is 1. The maximum Gasteiger partial charge on any atom is 0.243 e. The van der Waals surface area contributed by atoms with E-state index in [2.05, 4.69) is 9.71 Å². The maximum atomic E-state index is 13.2. The van der Waals surface area contributed by atoms with Gasteiger partial charge in [0.2, 0.25) is 10.0 Å². The second-order valence-electron chi connectivity index (χ2n) is 4.71. The summed E-state index contributed by atoms with van der Waals surface area (Å²) in [5, 5.41) is 0.860. The first-order valence-corrected chi connectivity index (χ1v) is 8.52. The third-order valence-corrected chi connectivity index (χ3v) is 5.78. The average Bonchev–Trinajstić information content (AvgIpc) is 2.71. The second kappa shape index (κ2) is 5.70. The molecule has 1 heterocycles. The Bertz CT molecular complexity index is 772. The van der Waals surface area contributed by atoms with E-state index in [1.165, 1.54) is 17.4 Å². The summed E-state index contributed by atoms with van der Waals surface area (Å²) in [4.78, 5) is 4.83. The van der Waals surface area contributed by atoms with Gasteiger partial charge in [-0.25, -0.2) is 22.5 Å². The van der Waals surface area contributed by atoms with Crippen molar-refractivity contribution in [1.82, 2.24) is 9.71 Å². The molecule has 21 heavy (non-hydrogen) atoms. The van der Waals surface area contributed by atoms with E-state index in [-0.39, 0.29) is 10.6 Å². The van der Waals surface area contributed by atoms with Gasteiger partial charge in [-0.15, -0.1) is 11.3 Å². The topological polar surface area (TPSA) is 85.1 Å². The summed E-state index contributed by atoms with van der Waals surface area (Å²) >= 11 is 1.42. The molecule has 8 heteroatoms. The van der Waals surface area contributed by atoms with Crippen LogP contribution < -0.4 is 10.5 Å². The Hall–Kier alpha value is -1.51. The Morgan fingerprint density at radius 2 is 2.05 bits per heavy atom. The zero-order chi connectivity index (χ0) is 15.8. The molecule has 0 saturated heterocycles. The van der Waals surface area contributed by atoms with Crippen LogP contribution in [0, 0.1) is 19.7 Å². The molecule has 1 atom stereocenters. The number of nitrogens with two attached hydrogens (primary N) is 1. The fourth-order valence-electron chi connectivity index (χ4n) is 2.04. The lowest BCUT2D eigenvalue weighted by Gasteiger charge is -2.14. The molecule has 2 aromatic rings. The molecule has 2 rings (SSSR count). The Morgan fingerprint density at radius 1 is 1.38 bits per heavy atom. The largest absolute Gasteiger partial charge is 0.398 e. The third kappa shape index (κ3) is 3.39. The number of benzene rings is 1. The lowest BCUT2D eigenvalue weighted by Crippen LogP contribution is -2.27. The quantitative estimate of drug-likeness (QED) is 0.844. The van der Waals surface area contributed by atoms with Crippen LogP contribution >= 0.6 is 11.3 Å². The van der Waals surface area contributed by atoms with E-state index in [0.717, 1.165) is 27.7 Å². The molecule has 0 saturated carbocycles. The molecule has 0 aliphatic rings. The van der Waals surface area contributed by atoms with Crippen LogP contribution in [-0.4, -0.2) is 13.4 Å². The normalized spacial score (nSPS) is 13.3. The number of nitrogens with zero attached hydrogens (tertiary/aromatic N) is 1. The number of aromatic nitrogens is 1. The van der Waals surface area contributed by atoms with Gasteiger partial charge in [0.15, 0.2) is 0 Å². The Balaban J connectivity index is 2.33. The minimum absolute atomic E-state index is 0.00769. The molecule has 1 unspecified atom stereocenters. The third-order valence-electron chi connectivity index (χ3n) is 2.93. The summed E-state index contributed by atoms with van der Waals surface area (Å²) in [6.07, 6.45) is 0. The average molecular weight is 329 g/mol. The summed E-state index contributed by atoms with van der Waals surface area (Å²) in [7, 11) is -3.90. The number of halogens is 1. The molecule has 0 aliphatic carbocycles. The number of hydrogen-bond donors (Lipinski definition) is 2. The molecule has 1 aromatic heterocycles. The SMILES string of the molecule is Cc1nc(C)c(C(C)NS(=O)(=O)c2cc(F)ccc2N)s1. The van der Waals surface area contributed by atoms with Crippen LogP contribution in [-0.2, 0) is 10.0 Å². The fourth-order valence-corrected chi connectivity index (χ4v) is 4.40.